The number of hydrogen-bond donors (Lipinski definition) is 3. The quantitative estimate of drug-likeness (QED) is 0.326. The molecule has 0 aromatic heterocycles. The molecule has 0 saturated carbocycles. The van der Waals surface area contributed by atoms with E-state index >= 15 is 0 Å². The molecule has 36 heavy (non-hydrogen) atoms. The average Bonchev–Trinajstić information content (AvgIpc) is 2.70. The van der Waals surface area contributed by atoms with Crippen LogP contribution in [-0.2, 0) is 9.47 Å². The molecular formula is C30H50N2O4. The molecule has 2 heterocycles. The van der Waals surface area contributed by atoms with Crippen LogP contribution in [0.1, 0.15) is 117 Å². The third-order valence-corrected chi connectivity index (χ3v) is 8.60. The average molecular weight is 503 g/mol. The summed E-state index contributed by atoms with van der Waals surface area (Å²) < 4.78 is 12.1. The van der Waals surface area contributed by atoms with Crippen molar-refractivity contribution in [3.63, 3.8) is 0 Å². The summed E-state index contributed by atoms with van der Waals surface area (Å²) >= 11 is 0. The van der Waals surface area contributed by atoms with Crippen molar-refractivity contribution in [3.8, 4) is 0 Å². The summed E-state index contributed by atoms with van der Waals surface area (Å²) in [5.74, 6) is 0.538. The molecular weight excluding hydrogens is 452 g/mol. The Morgan fingerprint density at radius 3 is 1.72 bits per heavy atom. The molecule has 0 amide bonds. The van der Waals surface area contributed by atoms with E-state index in [2.05, 4.69) is 79.9 Å². The van der Waals surface area contributed by atoms with Crippen LogP contribution in [0, 0.1) is 11.8 Å². The molecule has 2 fully saturated rings. The summed E-state index contributed by atoms with van der Waals surface area (Å²) in [5, 5.41) is 18.4. The van der Waals surface area contributed by atoms with E-state index in [9.17, 15) is 9.90 Å². The van der Waals surface area contributed by atoms with Gasteiger partial charge in [0.1, 0.15) is 6.10 Å². The molecule has 0 aliphatic carbocycles. The lowest BCUT2D eigenvalue weighted by Gasteiger charge is -2.50. The van der Waals surface area contributed by atoms with Crippen LogP contribution in [0.2, 0.25) is 0 Å². The van der Waals surface area contributed by atoms with Crippen molar-refractivity contribution in [2.45, 2.75) is 136 Å². The lowest BCUT2D eigenvalue weighted by atomic mass is 9.74. The maximum absolute atomic E-state index is 13.0. The van der Waals surface area contributed by atoms with E-state index in [1.807, 2.05) is 0 Å². The highest BCUT2D eigenvalue weighted by molar-refractivity contribution is 5.89. The van der Waals surface area contributed by atoms with Gasteiger partial charge in [0.25, 0.3) is 0 Å². The Labute approximate surface area is 218 Å². The maximum Gasteiger partial charge on any atom is 0.338 e. The van der Waals surface area contributed by atoms with Gasteiger partial charge in [0, 0.05) is 40.6 Å². The lowest BCUT2D eigenvalue weighted by molar-refractivity contribution is -0.165. The fourth-order valence-corrected chi connectivity index (χ4v) is 6.18. The van der Waals surface area contributed by atoms with Gasteiger partial charge in [-0.05, 0) is 78.4 Å². The molecule has 204 valence electrons. The molecule has 3 N–H and O–H groups in total. The van der Waals surface area contributed by atoms with Gasteiger partial charge in [-0.15, -0.1) is 0 Å². The molecule has 1 aromatic carbocycles. The first-order chi connectivity index (χ1) is 16.4. The number of rotatable bonds is 7. The van der Waals surface area contributed by atoms with E-state index in [1.165, 1.54) is 0 Å². The maximum atomic E-state index is 13.0. The number of esters is 1. The second kappa shape index (κ2) is 10.4. The number of nitrogens with one attached hydrogen (secondary N) is 2. The van der Waals surface area contributed by atoms with Gasteiger partial charge in [-0.2, -0.15) is 0 Å². The minimum absolute atomic E-state index is 0.0609. The van der Waals surface area contributed by atoms with Crippen molar-refractivity contribution >= 4 is 5.97 Å². The summed E-state index contributed by atoms with van der Waals surface area (Å²) in [5.41, 5.74) is 0.793. The lowest BCUT2D eigenvalue weighted by Crippen LogP contribution is -2.63. The number of ether oxygens (including phenoxy) is 2. The topological polar surface area (TPSA) is 79.8 Å². The normalized spacial score (nSPS) is 32.9. The molecule has 6 heteroatoms. The third-order valence-electron chi connectivity index (χ3n) is 8.60. The van der Waals surface area contributed by atoms with E-state index < -0.39 is 6.29 Å². The molecule has 2 aliphatic heterocycles. The van der Waals surface area contributed by atoms with Crippen LogP contribution in [0.4, 0.5) is 0 Å². The molecule has 5 atom stereocenters. The van der Waals surface area contributed by atoms with Gasteiger partial charge in [0.15, 0.2) is 6.29 Å². The molecule has 0 spiro atoms. The van der Waals surface area contributed by atoms with Gasteiger partial charge in [-0.25, -0.2) is 4.79 Å². The number of carbonyl (C=O) groups is 1. The van der Waals surface area contributed by atoms with Crippen molar-refractivity contribution < 1.29 is 19.4 Å². The molecule has 5 unspecified atom stereocenters. The molecule has 1 aromatic rings. The second-order valence-electron chi connectivity index (χ2n) is 13.7. The van der Waals surface area contributed by atoms with Crippen LogP contribution in [0.5, 0.6) is 0 Å². The summed E-state index contributed by atoms with van der Waals surface area (Å²) in [6.45, 7) is 22.0. The number of aliphatic hydroxyl groups excluding tert-OH is 1. The first-order valence-corrected chi connectivity index (χ1v) is 13.7. The highest BCUT2D eigenvalue weighted by Crippen LogP contribution is 2.37. The number of hydrogen-bond acceptors (Lipinski definition) is 6. The van der Waals surface area contributed by atoms with Crippen LogP contribution in [0.3, 0.4) is 0 Å². The predicted octanol–water partition coefficient (Wildman–Crippen LogP) is 5.74. The van der Waals surface area contributed by atoms with Crippen molar-refractivity contribution in [1.82, 2.24) is 10.6 Å². The van der Waals surface area contributed by atoms with Crippen molar-refractivity contribution in [2.24, 2.45) is 11.8 Å². The molecule has 6 nitrogen and oxygen atoms in total. The largest absolute Gasteiger partial charge is 0.459 e. The van der Waals surface area contributed by atoms with Gasteiger partial charge in [-0.3, -0.25) is 0 Å². The number of aliphatic hydroxyl groups is 1. The zero-order valence-corrected chi connectivity index (χ0v) is 24.2. The Morgan fingerprint density at radius 2 is 1.25 bits per heavy atom. The van der Waals surface area contributed by atoms with Gasteiger partial charge in [0.05, 0.1) is 11.7 Å². The van der Waals surface area contributed by atoms with E-state index in [1.54, 1.807) is 24.3 Å². The Hall–Kier alpha value is -1.47. The number of piperidine rings is 2. The zero-order valence-electron chi connectivity index (χ0n) is 24.2. The van der Waals surface area contributed by atoms with Crippen LogP contribution < -0.4 is 10.6 Å². The van der Waals surface area contributed by atoms with Crippen molar-refractivity contribution in [2.75, 3.05) is 0 Å². The van der Waals surface area contributed by atoms with E-state index in [0.29, 0.717) is 23.0 Å². The summed E-state index contributed by atoms with van der Waals surface area (Å²) in [6.07, 6.45) is 1.96. The molecule has 2 aliphatic rings. The van der Waals surface area contributed by atoms with Gasteiger partial charge < -0.3 is 25.2 Å². The third kappa shape index (κ3) is 6.89. The fourth-order valence-electron chi connectivity index (χ4n) is 6.18. The molecule has 0 radical (unpaired) electrons. The SMILES string of the molecule is CC(C)C1(C)CC(OC(=O)c2ccc(C(O)OC3CC(C)(C)NC(C)(C(C)C)C3)cc2)CC(C)(C)N1. The van der Waals surface area contributed by atoms with Crippen molar-refractivity contribution in [3.05, 3.63) is 35.4 Å². The highest BCUT2D eigenvalue weighted by atomic mass is 16.6. The first kappa shape index (κ1) is 29.1. The van der Waals surface area contributed by atoms with E-state index in [4.69, 9.17) is 9.47 Å². The molecule has 0 bridgehead atoms. The summed E-state index contributed by atoms with van der Waals surface area (Å²) in [7, 11) is 0. The minimum atomic E-state index is -1.04. The van der Waals surface area contributed by atoms with Gasteiger partial charge in [-0.1, -0.05) is 39.8 Å². The molecule has 2 saturated heterocycles. The van der Waals surface area contributed by atoms with Crippen molar-refractivity contribution in [1.29, 1.82) is 0 Å². The smallest absolute Gasteiger partial charge is 0.338 e. The fraction of sp³-hybridized carbons (Fsp3) is 0.767. The predicted molar refractivity (Wildman–Crippen MR) is 145 cm³/mol. The van der Waals surface area contributed by atoms with Crippen LogP contribution in [-0.4, -0.2) is 45.4 Å². The zero-order chi connectivity index (χ0) is 27.1. The minimum Gasteiger partial charge on any atom is -0.459 e. The van der Waals surface area contributed by atoms with E-state index in [0.717, 1.165) is 25.7 Å². The Morgan fingerprint density at radius 1 is 0.806 bits per heavy atom. The van der Waals surface area contributed by atoms with E-state index in [-0.39, 0.29) is 40.3 Å². The summed E-state index contributed by atoms with van der Waals surface area (Å²) in [6, 6.07) is 6.98. The number of carbonyl (C=O) groups excluding carboxylic acids is 1. The Kier molecular flexibility index (Phi) is 8.37. The first-order valence-electron chi connectivity index (χ1n) is 13.7. The van der Waals surface area contributed by atoms with Crippen LogP contribution >= 0.6 is 0 Å². The van der Waals surface area contributed by atoms with Gasteiger partial charge in [0.2, 0.25) is 0 Å². The summed E-state index contributed by atoms with van der Waals surface area (Å²) in [4.78, 5) is 13.0. The second-order valence-corrected chi connectivity index (χ2v) is 13.7. The Balaban J connectivity index is 1.63. The van der Waals surface area contributed by atoms with Crippen LogP contribution in [0.25, 0.3) is 0 Å². The highest BCUT2D eigenvalue weighted by Gasteiger charge is 2.44. The van der Waals surface area contributed by atoms with Gasteiger partial charge >= 0.3 is 5.97 Å². The Bertz CT molecular complexity index is 910. The standard InChI is InChI=1S/C30H50N2O4/c1-19(2)29(9)17-23(15-27(5,6)31-29)35-25(33)21-11-13-22(14-12-21)26(34)36-24-16-28(7,8)32-30(10,18-24)20(3)4/h11-14,19-20,23-25,31-33H,15-18H2,1-10H3. The van der Waals surface area contributed by atoms with Crippen LogP contribution in [0.15, 0.2) is 24.3 Å². The monoisotopic (exact) mass is 502 g/mol. The number of benzene rings is 1. The molecule has 3 rings (SSSR count).